The lowest BCUT2D eigenvalue weighted by Crippen LogP contribution is -2.17. The van der Waals surface area contributed by atoms with Crippen molar-refractivity contribution in [3.8, 4) is 0 Å². The van der Waals surface area contributed by atoms with Crippen LogP contribution in [0.15, 0.2) is 42.5 Å². The average Bonchev–Trinajstić information content (AvgIpc) is 2.43. The largest absolute Gasteiger partial charge is 0.312 e. The molecule has 4 nitrogen and oxygen atoms in total. The van der Waals surface area contributed by atoms with Gasteiger partial charge in [0.25, 0.3) is 5.69 Å². The second kappa shape index (κ2) is 6.95. The lowest BCUT2D eigenvalue weighted by atomic mass is 10.1. The van der Waals surface area contributed by atoms with E-state index in [2.05, 4.69) is 11.4 Å². The first-order valence-electron chi connectivity index (χ1n) is 6.75. The Morgan fingerprint density at radius 2 is 2.05 bits per heavy atom. The van der Waals surface area contributed by atoms with Gasteiger partial charge in [-0.25, -0.2) is 4.39 Å². The summed E-state index contributed by atoms with van der Waals surface area (Å²) in [5.41, 5.74) is 2.72. The molecule has 0 heterocycles. The normalized spacial score (nSPS) is 10.6. The smallest absolute Gasteiger partial charge is 0.274 e. The highest BCUT2D eigenvalue weighted by Gasteiger charge is 2.13. The average molecular weight is 288 g/mol. The fraction of sp³-hybridized carbons (Fsp3) is 0.250. The van der Waals surface area contributed by atoms with E-state index in [1.165, 1.54) is 23.3 Å². The molecule has 2 rings (SSSR count). The third-order valence-electron chi connectivity index (χ3n) is 3.23. The zero-order valence-corrected chi connectivity index (χ0v) is 11.8. The molecule has 0 atom stereocenters. The Morgan fingerprint density at radius 3 is 2.76 bits per heavy atom. The van der Waals surface area contributed by atoms with Crippen molar-refractivity contribution in [3.63, 3.8) is 0 Å². The van der Waals surface area contributed by atoms with Crippen molar-refractivity contribution in [2.45, 2.75) is 19.9 Å². The first-order valence-corrected chi connectivity index (χ1v) is 6.75. The summed E-state index contributed by atoms with van der Waals surface area (Å²) >= 11 is 0. The maximum atomic E-state index is 13.2. The first-order chi connectivity index (χ1) is 10.1. The SMILES string of the molecule is Cc1cccc(CCNCc2cc(F)ccc2[N+](=O)[O-])c1. The minimum atomic E-state index is -0.489. The highest BCUT2D eigenvalue weighted by Crippen LogP contribution is 2.19. The number of rotatable bonds is 6. The monoisotopic (exact) mass is 288 g/mol. The Balaban J connectivity index is 1.91. The number of benzene rings is 2. The quantitative estimate of drug-likeness (QED) is 0.503. The Morgan fingerprint density at radius 1 is 1.24 bits per heavy atom. The van der Waals surface area contributed by atoms with Gasteiger partial charge in [-0.3, -0.25) is 10.1 Å². The lowest BCUT2D eigenvalue weighted by molar-refractivity contribution is -0.385. The van der Waals surface area contributed by atoms with Gasteiger partial charge in [-0.2, -0.15) is 0 Å². The molecule has 1 N–H and O–H groups in total. The van der Waals surface area contributed by atoms with Crippen LogP contribution in [0.1, 0.15) is 16.7 Å². The van der Waals surface area contributed by atoms with Gasteiger partial charge in [-0.15, -0.1) is 0 Å². The van der Waals surface area contributed by atoms with E-state index in [4.69, 9.17) is 0 Å². The van der Waals surface area contributed by atoms with E-state index in [0.29, 0.717) is 12.1 Å². The van der Waals surface area contributed by atoms with E-state index in [1.54, 1.807) is 0 Å². The minimum Gasteiger partial charge on any atom is -0.312 e. The van der Waals surface area contributed by atoms with Crippen LogP contribution in [0, 0.1) is 22.9 Å². The van der Waals surface area contributed by atoms with Gasteiger partial charge in [0, 0.05) is 18.2 Å². The zero-order chi connectivity index (χ0) is 15.2. The van der Waals surface area contributed by atoms with E-state index in [0.717, 1.165) is 12.5 Å². The summed E-state index contributed by atoms with van der Waals surface area (Å²) in [5.74, 6) is -0.462. The fourth-order valence-corrected chi connectivity index (χ4v) is 2.20. The number of nitro groups is 1. The topological polar surface area (TPSA) is 55.2 Å². The predicted octanol–water partition coefficient (Wildman–Crippen LogP) is 3.37. The van der Waals surface area contributed by atoms with Crippen molar-refractivity contribution in [2.24, 2.45) is 0 Å². The molecule has 0 spiro atoms. The van der Waals surface area contributed by atoms with Crippen LogP contribution in [0.25, 0.3) is 0 Å². The summed E-state index contributed by atoms with van der Waals surface area (Å²) in [4.78, 5) is 10.4. The summed E-state index contributed by atoms with van der Waals surface area (Å²) in [6, 6.07) is 11.7. The van der Waals surface area contributed by atoms with Gasteiger partial charge in [0.2, 0.25) is 0 Å². The maximum absolute atomic E-state index is 13.2. The van der Waals surface area contributed by atoms with Crippen molar-refractivity contribution in [3.05, 3.63) is 75.1 Å². The van der Waals surface area contributed by atoms with Crippen LogP contribution >= 0.6 is 0 Å². The van der Waals surface area contributed by atoms with Crippen LogP contribution in [-0.2, 0) is 13.0 Å². The molecular weight excluding hydrogens is 271 g/mol. The Kier molecular flexibility index (Phi) is 5.00. The van der Waals surface area contributed by atoms with Gasteiger partial charge in [-0.1, -0.05) is 29.8 Å². The van der Waals surface area contributed by atoms with E-state index in [-0.39, 0.29) is 12.2 Å². The number of halogens is 1. The zero-order valence-electron chi connectivity index (χ0n) is 11.8. The predicted molar refractivity (Wildman–Crippen MR) is 79.6 cm³/mol. The molecule has 0 amide bonds. The molecule has 0 bridgehead atoms. The van der Waals surface area contributed by atoms with Gasteiger partial charge in [-0.05, 0) is 37.6 Å². The molecule has 0 aliphatic carbocycles. The number of nitrogens with zero attached hydrogens (tertiary/aromatic N) is 1. The summed E-state index contributed by atoms with van der Waals surface area (Å²) in [7, 11) is 0. The molecule has 5 heteroatoms. The number of nitrogens with one attached hydrogen (secondary N) is 1. The van der Waals surface area contributed by atoms with Crippen LogP contribution in [0.4, 0.5) is 10.1 Å². The van der Waals surface area contributed by atoms with E-state index in [9.17, 15) is 14.5 Å². The van der Waals surface area contributed by atoms with Crippen LogP contribution in [0.5, 0.6) is 0 Å². The third-order valence-corrected chi connectivity index (χ3v) is 3.23. The molecule has 0 fully saturated rings. The number of nitro benzene ring substituents is 1. The molecule has 21 heavy (non-hydrogen) atoms. The molecule has 0 aliphatic rings. The van der Waals surface area contributed by atoms with E-state index >= 15 is 0 Å². The second-order valence-electron chi connectivity index (χ2n) is 4.95. The van der Waals surface area contributed by atoms with E-state index in [1.807, 2.05) is 25.1 Å². The van der Waals surface area contributed by atoms with Crippen LogP contribution in [0.3, 0.4) is 0 Å². The summed E-state index contributed by atoms with van der Waals surface area (Å²) < 4.78 is 13.2. The van der Waals surface area contributed by atoms with Crippen LogP contribution in [0.2, 0.25) is 0 Å². The molecule has 0 saturated heterocycles. The van der Waals surface area contributed by atoms with Crippen molar-refractivity contribution < 1.29 is 9.31 Å². The van der Waals surface area contributed by atoms with E-state index < -0.39 is 10.7 Å². The molecule has 110 valence electrons. The molecule has 2 aromatic rings. The van der Waals surface area contributed by atoms with Gasteiger partial charge in [0.15, 0.2) is 0 Å². The van der Waals surface area contributed by atoms with Gasteiger partial charge in [0.05, 0.1) is 4.92 Å². The van der Waals surface area contributed by atoms with Gasteiger partial charge in [0.1, 0.15) is 5.82 Å². The first kappa shape index (κ1) is 15.1. The highest BCUT2D eigenvalue weighted by molar-refractivity contribution is 5.40. The molecule has 2 aromatic carbocycles. The summed E-state index contributed by atoms with van der Waals surface area (Å²) in [5, 5.41) is 14.0. The molecule has 0 saturated carbocycles. The van der Waals surface area contributed by atoms with Gasteiger partial charge >= 0.3 is 0 Å². The molecular formula is C16H17FN2O2. The van der Waals surface area contributed by atoms with Gasteiger partial charge < -0.3 is 5.32 Å². The van der Waals surface area contributed by atoms with Crippen molar-refractivity contribution in [2.75, 3.05) is 6.54 Å². The maximum Gasteiger partial charge on any atom is 0.274 e. The Labute approximate surface area is 122 Å². The second-order valence-corrected chi connectivity index (χ2v) is 4.95. The van der Waals surface area contributed by atoms with Crippen LogP contribution in [-0.4, -0.2) is 11.5 Å². The fourth-order valence-electron chi connectivity index (χ4n) is 2.20. The van der Waals surface area contributed by atoms with Crippen molar-refractivity contribution >= 4 is 5.69 Å². The van der Waals surface area contributed by atoms with Crippen LogP contribution < -0.4 is 5.32 Å². The third kappa shape index (κ3) is 4.36. The summed E-state index contributed by atoms with van der Waals surface area (Å²) in [6.07, 6.45) is 0.824. The summed E-state index contributed by atoms with van der Waals surface area (Å²) in [6.45, 7) is 2.99. The molecule has 0 aliphatic heterocycles. The number of hydrogen-bond donors (Lipinski definition) is 1. The number of hydrogen-bond acceptors (Lipinski definition) is 3. The molecule has 0 radical (unpaired) electrons. The minimum absolute atomic E-state index is 0.0561. The molecule has 0 aromatic heterocycles. The van der Waals surface area contributed by atoms with Crippen molar-refractivity contribution in [1.82, 2.24) is 5.32 Å². The number of aryl methyl sites for hydroxylation is 1. The Bertz CT molecular complexity index is 644. The standard InChI is InChI=1S/C16H17FN2O2/c1-12-3-2-4-13(9-12)7-8-18-11-14-10-15(17)5-6-16(14)19(20)21/h2-6,9-10,18H,7-8,11H2,1H3. The lowest BCUT2D eigenvalue weighted by Gasteiger charge is -2.07. The van der Waals surface area contributed by atoms with Crippen molar-refractivity contribution in [1.29, 1.82) is 0 Å². The highest BCUT2D eigenvalue weighted by atomic mass is 19.1. The Hall–Kier alpha value is -2.27. The molecule has 0 unspecified atom stereocenters.